The summed E-state index contributed by atoms with van der Waals surface area (Å²) < 4.78 is 0. The van der Waals surface area contributed by atoms with Crippen LogP contribution in [-0.4, -0.2) is 23.0 Å². The van der Waals surface area contributed by atoms with Gasteiger partial charge in [0.15, 0.2) is 0 Å². The molecule has 13 heavy (non-hydrogen) atoms. The van der Waals surface area contributed by atoms with Gasteiger partial charge in [-0.3, -0.25) is 4.79 Å². The fourth-order valence-corrected chi connectivity index (χ4v) is 0.651. The third-order valence-electron chi connectivity index (χ3n) is 1.17. The molecule has 0 rings (SSSR count). The van der Waals surface area contributed by atoms with Crippen LogP contribution in [-0.2, 0) is 33.9 Å². The van der Waals surface area contributed by atoms with Crippen molar-refractivity contribution in [3.8, 4) is 0 Å². The molecule has 0 saturated carbocycles. The van der Waals surface area contributed by atoms with E-state index >= 15 is 0 Å². The fourth-order valence-electron chi connectivity index (χ4n) is 0.651. The molecule has 1 unspecified atom stereocenters. The largest absolute Gasteiger partial charge is 2.00 e. The molecule has 0 spiro atoms. The number of carbonyl (C=O) groups is 3. The molecule has 1 atom stereocenters. The van der Waals surface area contributed by atoms with Crippen LogP contribution in [0.1, 0.15) is 12.8 Å². The number of carboxylic acid groups (broad SMARTS) is 3. The van der Waals surface area contributed by atoms with Crippen molar-refractivity contribution in [1.82, 2.24) is 0 Å². The molecular formula is C6H6O6Zn. The summed E-state index contributed by atoms with van der Waals surface area (Å²) in [5.74, 6) is -6.20. The predicted octanol–water partition coefficient (Wildman–Crippen LogP) is -3.04. The molecule has 0 radical (unpaired) electrons. The van der Waals surface area contributed by atoms with Crippen LogP contribution < -0.4 is 10.2 Å². The Morgan fingerprint density at radius 2 is 1.62 bits per heavy atom. The Balaban J connectivity index is 0. The van der Waals surface area contributed by atoms with Crippen molar-refractivity contribution >= 4 is 17.9 Å². The van der Waals surface area contributed by atoms with Crippen LogP contribution in [0.4, 0.5) is 0 Å². The molecule has 0 saturated heterocycles. The van der Waals surface area contributed by atoms with Crippen molar-refractivity contribution in [2.75, 3.05) is 0 Å². The van der Waals surface area contributed by atoms with Gasteiger partial charge in [0.2, 0.25) is 0 Å². The fraction of sp³-hybridized carbons (Fsp3) is 0.500. The van der Waals surface area contributed by atoms with Crippen molar-refractivity contribution in [1.29, 1.82) is 0 Å². The van der Waals surface area contributed by atoms with E-state index in [9.17, 15) is 24.6 Å². The molecule has 0 fully saturated rings. The number of hydrogen-bond acceptors (Lipinski definition) is 5. The molecular weight excluding hydrogens is 233 g/mol. The van der Waals surface area contributed by atoms with Gasteiger partial charge in [0.25, 0.3) is 0 Å². The molecule has 0 amide bonds. The third-order valence-corrected chi connectivity index (χ3v) is 1.17. The second-order valence-electron chi connectivity index (χ2n) is 2.19. The normalized spacial score (nSPS) is 11.1. The average Bonchev–Trinajstić information content (AvgIpc) is 1.83. The van der Waals surface area contributed by atoms with Gasteiger partial charge in [-0.1, -0.05) is 0 Å². The number of rotatable bonds is 5. The van der Waals surface area contributed by atoms with Gasteiger partial charge in [-0.05, 0) is 6.42 Å². The summed E-state index contributed by atoms with van der Waals surface area (Å²) in [4.78, 5) is 30.0. The predicted molar refractivity (Wildman–Crippen MR) is 30.4 cm³/mol. The summed E-state index contributed by atoms with van der Waals surface area (Å²) in [5.41, 5.74) is 0. The molecule has 68 valence electrons. The van der Waals surface area contributed by atoms with Crippen molar-refractivity contribution in [2.45, 2.75) is 12.8 Å². The minimum atomic E-state index is -1.69. The average molecular weight is 239 g/mol. The Bertz CT molecular complexity index is 197. The quantitative estimate of drug-likeness (QED) is 0.510. The molecule has 0 aromatic heterocycles. The summed E-state index contributed by atoms with van der Waals surface area (Å²) >= 11 is 0. The van der Waals surface area contributed by atoms with Gasteiger partial charge in [-0.15, -0.1) is 0 Å². The summed E-state index contributed by atoms with van der Waals surface area (Å²) in [5, 5.41) is 28.1. The van der Waals surface area contributed by atoms with Gasteiger partial charge in [-0.2, -0.15) is 0 Å². The Hall–Kier alpha value is -0.967. The molecule has 0 aromatic rings. The summed E-state index contributed by atoms with van der Waals surface area (Å²) in [6.07, 6.45) is -1.61. The van der Waals surface area contributed by atoms with E-state index in [-0.39, 0.29) is 19.5 Å². The molecule has 0 heterocycles. The summed E-state index contributed by atoms with van der Waals surface area (Å²) in [6.45, 7) is 0. The Morgan fingerprint density at radius 3 is 1.85 bits per heavy atom. The molecule has 0 aliphatic heterocycles. The molecule has 0 aromatic carbocycles. The molecule has 1 N–H and O–H groups in total. The minimum Gasteiger partial charge on any atom is -0.550 e. The zero-order valence-corrected chi connectivity index (χ0v) is 9.65. The summed E-state index contributed by atoms with van der Waals surface area (Å²) in [6, 6.07) is 0. The van der Waals surface area contributed by atoms with Crippen LogP contribution in [0.15, 0.2) is 0 Å². The van der Waals surface area contributed by atoms with Crippen molar-refractivity contribution in [2.24, 2.45) is 5.92 Å². The van der Waals surface area contributed by atoms with Crippen molar-refractivity contribution < 1.29 is 49.2 Å². The monoisotopic (exact) mass is 238 g/mol. The number of hydrogen-bond donors (Lipinski definition) is 1. The molecule has 0 aliphatic carbocycles. The van der Waals surface area contributed by atoms with E-state index in [4.69, 9.17) is 5.11 Å². The van der Waals surface area contributed by atoms with Crippen molar-refractivity contribution in [3.05, 3.63) is 0 Å². The van der Waals surface area contributed by atoms with E-state index in [0.717, 1.165) is 0 Å². The number of aliphatic carboxylic acids is 3. The first-order chi connectivity index (χ1) is 5.43. The van der Waals surface area contributed by atoms with Gasteiger partial charge < -0.3 is 24.9 Å². The molecule has 7 heteroatoms. The zero-order chi connectivity index (χ0) is 9.72. The molecule has 0 bridgehead atoms. The van der Waals surface area contributed by atoms with Crippen LogP contribution in [0.2, 0.25) is 0 Å². The first-order valence-electron chi connectivity index (χ1n) is 3.06. The van der Waals surface area contributed by atoms with Crippen LogP contribution in [0.3, 0.4) is 0 Å². The Morgan fingerprint density at radius 1 is 1.15 bits per heavy atom. The van der Waals surface area contributed by atoms with Gasteiger partial charge in [0.05, 0.1) is 6.42 Å². The van der Waals surface area contributed by atoms with E-state index in [1.54, 1.807) is 0 Å². The van der Waals surface area contributed by atoms with E-state index in [1.165, 1.54) is 0 Å². The first kappa shape index (κ1) is 14.6. The maximum absolute atomic E-state index is 10.1. The first-order valence-corrected chi connectivity index (χ1v) is 3.06. The second-order valence-corrected chi connectivity index (χ2v) is 2.19. The van der Waals surface area contributed by atoms with Crippen LogP contribution >= 0.6 is 0 Å². The van der Waals surface area contributed by atoms with Gasteiger partial charge >= 0.3 is 25.4 Å². The van der Waals surface area contributed by atoms with Crippen LogP contribution in [0.5, 0.6) is 0 Å². The third kappa shape index (κ3) is 7.40. The zero-order valence-electron chi connectivity index (χ0n) is 6.69. The van der Waals surface area contributed by atoms with Gasteiger partial charge in [0, 0.05) is 17.9 Å². The molecule has 0 aliphatic rings. The Kier molecular flexibility index (Phi) is 7.32. The van der Waals surface area contributed by atoms with E-state index in [0.29, 0.717) is 0 Å². The second kappa shape index (κ2) is 6.54. The standard InChI is InChI=1S/C6H8O6.Zn/c7-4(8)1-3(6(11)12)2-5(9)10;/h3H,1-2H2,(H,7,8)(H,9,10)(H,11,12);/q;+2/p-2. The van der Waals surface area contributed by atoms with Gasteiger partial charge in [0.1, 0.15) is 0 Å². The van der Waals surface area contributed by atoms with Crippen LogP contribution in [0.25, 0.3) is 0 Å². The van der Waals surface area contributed by atoms with Gasteiger partial charge in [-0.25, -0.2) is 0 Å². The maximum atomic E-state index is 10.1. The summed E-state index contributed by atoms with van der Waals surface area (Å²) in [7, 11) is 0. The van der Waals surface area contributed by atoms with Crippen LogP contribution in [0, 0.1) is 5.92 Å². The minimum absolute atomic E-state index is 0. The maximum Gasteiger partial charge on any atom is 2.00 e. The number of carboxylic acids is 3. The topological polar surface area (TPSA) is 118 Å². The number of carbonyl (C=O) groups excluding carboxylic acids is 2. The SMILES string of the molecule is O=C([O-])CC(CC(=O)O)C(=O)[O-].[Zn+2]. The Labute approximate surface area is 86.3 Å². The van der Waals surface area contributed by atoms with E-state index in [1.807, 2.05) is 0 Å². The molecule has 6 nitrogen and oxygen atoms in total. The smallest absolute Gasteiger partial charge is 0.550 e. The van der Waals surface area contributed by atoms with Crippen molar-refractivity contribution in [3.63, 3.8) is 0 Å². The van der Waals surface area contributed by atoms with E-state index in [2.05, 4.69) is 0 Å². The van der Waals surface area contributed by atoms with E-state index < -0.39 is 36.7 Å².